The molecule has 0 bridgehead atoms. The number of esters is 1. The molecule has 0 spiro atoms. The van der Waals surface area contributed by atoms with E-state index in [9.17, 15) is 4.79 Å². The maximum absolute atomic E-state index is 12.1. The summed E-state index contributed by atoms with van der Waals surface area (Å²) in [5.41, 5.74) is 3.22. The molecule has 0 N–H and O–H groups in total. The summed E-state index contributed by atoms with van der Waals surface area (Å²) in [5.74, 6) is -0.318. The SMILES string of the molecule is C=CCC(C)OC(=O)c1c(C)cc(C)c(Cl)c1C. The Morgan fingerprint density at radius 3 is 2.61 bits per heavy atom. The molecule has 1 aromatic rings. The largest absolute Gasteiger partial charge is 0.459 e. The van der Waals surface area contributed by atoms with Gasteiger partial charge in [-0.2, -0.15) is 0 Å². The Morgan fingerprint density at radius 2 is 2.06 bits per heavy atom. The molecule has 1 rings (SSSR count). The van der Waals surface area contributed by atoms with E-state index in [4.69, 9.17) is 16.3 Å². The van der Waals surface area contributed by atoms with E-state index in [0.717, 1.165) is 16.7 Å². The molecule has 0 saturated heterocycles. The van der Waals surface area contributed by atoms with Crippen molar-refractivity contribution < 1.29 is 9.53 Å². The lowest BCUT2D eigenvalue weighted by Crippen LogP contribution is -2.16. The molecule has 3 heteroatoms. The zero-order valence-corrected chi connectivity index (χ0v) is 12.1. The highest BCUT2D eigenvalue weighted by Crippen LogP contribution is 2.27. The third-order valence-electron chi connectivity index (χ3n) is 2.89. The van der Waals surface area contributed by atoms with Crippen molar-refractivity contribution in [2.24, 2.45) is 0 Å². The fourth-order valence-electron chi connectivity index (χ4n) is 2.00. The second kappa shape index (κ2) is 6.05. The highest BCUT2D eigenvalue weighted by molar-refractivity contribution is 6.32. The van der Waals surface area contributed by atoms with Crippen LogP contribution < -0.4 is 0 Å². The van der Waals surface area contributed by atoms with Gasteiger partial charge in [-0.05, 0) is 44.4 Å². The van der Waals surface area contributed by atoms with E-state index in [-0.39, 0.29) is 12.1 Å². The Morgan fingerprint density at radius 1 is 1.44 bits per heavy atom. The van der Waals surface area contributed by atoms with Gasteiger partial charge in [-0.15, -0.1) is 6.58 Å². The Balaban J connectivity index is 3.06. The summed E-state index contributed by atoms with van der Waals surface area (Å²) in [5, 5.41) is 0.629. The van der Waals surface area contributed by atoms with Gasteiger partial charge in [0, 0.05) is 11.4 Å². The van der Waals surface area contributed by atoms with E-state index < -0.39 is 0 Å². The molecule has 1 aromatic carbocycles. The summed E-state index contributed by atoms with van der Waals surface area (Å²) in [6.45, 7) is 11.1. The number of ether oxygens (including phenoxy) is 1. The van der Waals surface area contributed by atoms with Crippen molar-refractivity contribution in [3.8, 4) is 0 Å². The van der Waals surface area contributed by atoms with Crippen molar-refractivity contribution in [1.82, 2.24) is 0 Å². The second-order valence-electron chi connectivity index (χ2n) is 4.56. The summed E-state index contributed by atoms with van der Waals surface area (Å²) in [4.78, 5) is 12.1. The van der Waals surface area contributed by atoms with E-state index in [0.29, 0.717) is 17.0 Å². The topological polar surface area (TPSA) is 26.3 Å². The van der Waals surface area contributed by atoms with Crippen LogP contribution in [0.1, 0.15) is 40.4 Å². The Kier molecular flexibility index (Phi) is 4.97. The lowest BCUT2D eigenvalue weighted by molar-refractivity contribution is 0.0346. The summed E-state index contributed by atoms with van der Waals surface area (Å²) in [6, 6.07) is 1.91. The van der Waals surface area contributed by atoms with Gasteiger partial charge < -0.3 is 4.74 Å². The second-order valence-corrected chi connectivity index (χ2v) is 4.94. The molecule has 0 aliphatic rings. The normalized spacial score (nSPS) is 12.1. The zero-order valence-electron chi connectivity index (χ0n) is 11.3. The minimum Gasteiger partial charge on any atom is -0.459 e. The molecule has 0 heterocycles. The summed E-state index contributed by atoms with van der Waals surface area (Å²) >= 11 is 6.17. The maximum Gasteiger partial charge on any atom is 0.338 e. The van der Waals surface area contributed by atoms with Gasteiger partial charge in [0.15, 0.2) is 0 Å². The first-order valence-electron chi connectivity index (χ1n) is 5.96. The summed E-state index contributed by atoms with van der Waals surface area (Å²) in [6.07, 6.45) is 2.21. The van der Waals surface area contributed by atoms with Gasteiger partial charge >= 0.3 is 5.97 Å². The zero-order chi connectivity index (χ0) is 13.9. The van der Waals surface area contributed by atoms with E-state index in [2.05, 4.69) is 6.58 Å². The third kappa shape index (κ3) is 3.14. The van der Waals surface area contributed by atoms with E-state index in [1.54, 1.807) is 6.08 Å². The van der Waals surface area contributed by atoms with Crippen LogP contribution in [0.5, 0.6) is 0 Å². The molecule has 0 aliphatic carbocycles. The quantitative estimate of drug-likeness (QED) is 0.597. The number of benzene rings is 1. The lowest BCUT2D eigenvalue weighted by atomic mass is 10.00. The van der Waals surface area contributed by atoms with E-state index >= 15 is 0 Å². The molecule has 0 aliphatic heterocycles. The van der Waals surface area contributed by atoms with Crippen LogP contribution >= 0.6 is 11.6 Å². The number of aryl methyl sites for hydroxylation is 2. The van der Waals surface area contributed by atoms with Crippen LogP contribution in [0.25, 0.3) is 0 Å². The number of hydrogen-bond donors (Lipinski definition) is 0. The first-order chi connectivity index (χ1) is 8.38. The fraction of sp³-hybridized carbons (Fsp3) is 0.400. The molecule has 1 atom stereocenters. The van der Waals surface area contributed by atoms with Gasteiger partial charge in [0.05, 0.1) is 5.56 Å². The predicted molar refractivity (Wildman–Crippen MR) is 75.4 cm³/mol. The molecule has 0 amide bonds. The van der Waals surface area contributed by atoms with Gasteiger partial charge in [0.2, 0.25) is 0 Å². The maximum atomic E-state index is 12.1. The summed E-state index contributed by atoms with van der Waals surface area (Å²) < 4.78 is 5.36. The standard InChI is InChI=1S/C15H19ClO2/c1-6-7-11(4)18-15(17)13-9(2)8-10(3)14(16)12(13)5/h6,8,11H,1,7H2,2-5H3. The van der Waals surface area contributed by atoms with Gasteiger partial charge in [-0.1, -0.05) is 23.7 Å². The fourth-order valence-corrected chi connectivity index (χ4v) is 2.15. The molecule has 0 radical (unpaired) electrons. The Labute approximate surface area is 114 Å². The highest BCUT2D eigenvalue weighted by Gasteiger charge is 2.19. The van der Waals surface area contributed by atoms with Crippen molar-refractivity contribution in [3.05, 3.63) is 46.0 Å². The molecule has 2 nitrogen and oxygen atoms in total. The van der Waals surface area contributed by atoms with E-state index in [1.807, 2.05) is 33.8 Å². The molecule has 98 valence electrons. The van der Waals surface area contributed by atoms with E-state index in [1.165, 1.54) is 0 Å². The van der Waals surface area contributed by atoms with Gasteiger partial charge in [0.1, 0.15) is 6.10 Å². The number of carbonyl (C=O) groups is 1. The monoisotopic (exact) mass is 266 g/mol. The van der Waals surface area contributed by atoms with Crippen LogP contribution in [-0.4, -0.2) is 12.1 Å². The van der Waals surface area contributed by atoms with Crippen LogP contribution in [0.4, 0.5) is 0 Å². The lowest BCUT2D eigenvalue weighted by Gasteiger charge is -2.16. The number of rotatable bonds is 4. The van der Waals surface area contributed by atoms with Gasteiger partial charge in [-0.3, -0.25) is 0 Å². The third-order valence-corrected chi connectivity index (χ3v) is 3.47. The van der Waals surface area contributed by atoms with Crippen LogP contribution in [0.2, 0.25) is 5.02 Å². The van der Waals surface area contributed by atoms with Gasteiger partial charge in [0.25, 0.3) is 0 Å². The number of hydrogen-bond acceptors (Lipinski definition) is 2. The number of halogens is 1. The van der Waals surface area contributed by atoms with Crippen molar-refractivity contribution in [2.75, 3.05) is 0 Å². The molecule has 1 unspecified atom stereocenters. The molecule has 0 aromatic heterocycles. The smallest absolute Gasteiger partial charge is 0.338 e. The average Bonchev–Trinajstić information content (AvgIpc) is 2.26. The molecule has 0 saturated carbocycles. The van der Waals surface area contributed by atoms with Crippen LogP contribution in [-0.2, 0) is 4.74 Å². The summed E-state index contributed by atoms with van der Waals surface area (Å²) in [7, 11) is 0. The van der Waals surface area contributed by atoms with Crippen molar-refractivity contribution in [1.29, 1.82) is 0 Å². The Hall–Kier alpha value is -1.28. The molecule has 0 fully saturated rings. The van der Waals surface area contributed by atoms with Crippen LogP contribution in [0.15, 0.2) is 18.7 Å². The molecule has 18 heavy (non-hydrogen) atoms. The van der Waals surface area contributed by atoms with Crippen molar-refractivity contribution >= 4 is 17.6 Å². The number of carbonyl (C=O) groups excluding carboxylic acids is 1. The minimum absolute atomic E-state index is 0.172. The molecular formula is C15H19ClO2. The predicted octanol–water partition coefficient (Wildman–Crippen LogP) is 4.39. The van der Waals surface area contributed by atoms with Crippen molar-refractivity contribution in [2.45, 2.75) is 40.2 Å². The van der Waals surface area contributed by atoms with Crippen LogP contribution in [0.3, 0.4) is 0 Å². The van der Waals surface area contributed by atoms with Crippen LogP contribution in [0, 0.1) is 20.8 Å². The van der Waals surface area contributed by atoms with Crippen molar-refractivity contribution in [3.63, 3.8) is 0 Å². The van der Waals surface area contributed by atoms with Gasteiger partial charge in [-0.25, -0.2) is 4.79 Å². The minimum atomic E-state index is -0.318. The Bertz CT molecular complexity index is 478. The average molecular weight is 267 g/mol. The first-order valence-corrected chi connectivity index (χ1v) is 6.34. The highest BCUT2D eigenvalue weighted by atomic mass is 35.5. The first kappa shape index (κ1) is 14.8. The molecular weight excluding hydrogens is 248 g/mol.